The SMILES string of the molecule is CC(C)(C)OC(=O)N1CC2CC(C1)N2c1ccc2c(c1)N(c1cccc(Br)c1C=O)C(=O)C2(C)C. The molecule has 35 heavy (non-hydrogen) atoms. The van der Waals surface area contributed by atoms with Crippen molar-refractivity contribution in [3.8, 4) is 0 Å². The highest BCUT2D eigenvalue weighted by molar-refractivity contribution is 9.10. The average Bonchev–Trinajstić information content (AvgIpc) is 2.97. The lowest BCUT2D eigenvalue weighted by molar-refractivity contribution is -0.121. The molecule has 2 aromatic rings. The number of ether oxygens (including phenoxy) is 1. The van der Waals surface area contributed by atoms with Crippen LogP contribution in [0.2, 0.25) is 0 Å². The van der Waals surface area contributed by atoms with Crippen LogP contribution in [-0.4, -0.2) is 54.0 Å². The summed E-state index contributed by atoms with van der Waals surface area (Å²) >= 11 is 3.45. The zero-order valence-electron chi connectivity index (χ0n) is 20.7. The Morgan fingerprint density at radius 2 is 1.80 bits per heavy atom. The summed E-state index contributed by atoms with van der Waals surface area (Å²) in [5, 5.41) is 0. The summed E-state index contributed by atoms with van der Waals surface area (Å²) in [6, 6.07) is 12.0. The van der Waals surface area contributed by atoms with Gasteiger partial charge in [0.15, 0.2) is 6.29 Å². The molecule has 8 heteroatoms. The molecule has 3 saturated heterocycles. The molecule has 2 atom stereocenters. The molecule has 0 aromatic heterocycles. The predicted octanol–water partition coefficient (Wildman–Crippen LogP) is 5.42. The monoisotopic (exact) mass is 539 g/mol. The van der Waals surface area contributed by atoms with Gasteiger partial charge in [-0.1, -0.05) is 12.1 Å². The van der Waals surface area contributed by atoms with Crippen molar-refractivity contribution in [2.24, 2.45) is 0 Å². The van der Waals surface area contributed by atoms with E-state index in [1.165, 1.54) is 0 Å². The largest absolute Gasteiger partial charge is 0.444 e. The van der Waals surface area contributed by atoms with Crippen molar-refractivity contribution in [1.29, 1.82) is 0 Å². The Balaban J connectivity index is 1.47. The topological polar surface area (TPSA) is 70.2 Å². The highest BCUT2D eigenvalue weighted by Gasteiger charge is 2.49. The number of anilines is 3. The maximum Gasteiger partial charge on any atom is 0.410 e. The summed E-state index contributed by atoms with van der Waals surface area (Å²) in [6.45, 7) is 10.7. The number of benzene rings is 2. The molecule has 2 unspecified atom stereocenters. The number of carbonyl (C=O) groups excluding carboxylic acids is 3. The first-order chi connectivity index (χ1) is 16.4. The molecule has 0 aliphatic carbocycles. The molecule has 2 amide bonds. The van der Waals surface area contributed by atoms with Crippen LogP contribution in [0, 0.1) is 0 Å². The number of carbonyl (C=O) groups is 3. The highest BCUT2D eigenvalue weighted by atomic mass is 79.9. The molecule has 7 nitrogen and oxygen atoms in total. The summed E-state index contributed by atoms with van der Waals surface area (Å²) < 4.78 is 6.22. The fourth-order valence-electron chi connectivity index (χ4n) is 5.48. The van der Waals surface area contributed by atoms with Crippen molar-refractivity contribution in [3.05, 3.63) is 52.0 Å². The second-order valence-electron chi connectivity index (χ2n) is 11.1. The number of fused-ring (bicyclic) bond motifs is 3. The van der Waals surface area contributed by atoms with Gasteiger partial charge >= 0.3 is 6.09 Å². The van der Waals surface area contributed by atoms with E-state index < -0.39 is 11.0 Å². The van der Waals surface area contributed by atoms with Gasteiger partial charge < -0.3 is 14.5 Å². The van der Waals surface area contributed by atoms with E-state index in [1.807, 2.05) is 46.8 Å². The number of hydrogen-bond donors (Lipinski definition) is 0. The van der Waals surface area contributed by atoms with Crippen LogP contribution in [0.1, 0.15) is 57.0 Å². The molecule has 4 heterocycles. The van der Waals surface area contributed by atoms with Gasteiger partial charge in [-0.3, -0.25) is 14.5 Å². The van der Waals surface area contributed by atoms with Crippen molar-refractivity contribution >= 4 is 51.3 Å². The smallest absolute Gasteiger partial charge is 0.410 e. The van der Waals surface area contributed by atoms with Crippen molar-refractivity contribution in [3.63, 3.8) is 0 Å². The molecule has 2 aromatic carbocycles. The molecule has 4 aliphatic heterocycles. The second kappa shape index (κ2) is 8.08. The third kappa shape index (κ3) is 3.82. The standard InChI is InChI=1S/C27H30BrN3O4/c1-26(2,3)35-25(34)29-13-17-11-18(14-29)30(17)16-9-10-20-23(12-16)31(24(33)27(20,4)5)22-8-6-7-21(28)19(22)15-32/h6-10,12,15,17-18H,11,13-14H2,1-5H3. The maximum atomic E-state index is 13.6. The molecule has 2 bridgehead atoms. The van der Waals surface area contributed by atoms with E-state index in [4.69, 9.17) is 4.74 Å². The van der Waals surface area contributed by atoms with Crippen molar-refractivity contribution in [2.45, 2.75) is 64.1 Å². The van der Waals surface area contributed by atoms with E-state index in [0.29, 0.717) is 28.8 Å². The summed E-state index contributed by atoms with van der Waals surface area (Å²) in [5.41, 5.74) is 2.54. The van der Waals surface area contributed by atoms with E-state index in [0.717, 1.165) is 29.6 Å². The summed E-state index contributed by atoms with van der Waals surface area (Å²) in [4.78, 5) is 43.9. The molecule has 0 N–H and O–H groups in total. The van der Waals surface area contributed by atoms with E-state index in [2.05, 4.69) is 33.0 Å². The number of nitrogens with zero attached hydrogens (tertiary/aromatic N) is 3. The maximum absolute atomic E-state index is 13.6. The summed E-state index contributed by atoms with van der Waals surface area (Å²) in [7, 11) is 0. The molecule has 4 aliphatic rings. The van der Waals surface area contributed by atoms with Crippen LogP contribution < -0.4 is 9.80 Å². The van der Waals surface area contributed by atoms with Gasteiger partial charge in [-0.2, -0.15) is 0 Å². The van der Waals surface area contributed by atoms with Gasteiger partial charge in [-0.05, 0) is 86.8 Å². The van der Waals surface area contributed by atoms with Crippen molar-refractivity contribution in [1.82, 2.24) is 4.90 Å². The quantitative estimate of drug-likeness (QED) is 0.487. The van der Waals surface area contributed by atoms with Crippen LogP contribution in [0.4, 0.5) is 21.9 Å². The molecular formula is C27H30BrN3O4. The van der Waals surface area contributed by atoms with Gasteiger partial charge in [0.05, 0.1) is 22.4 Å². The Morgan fingerprint density at radius 3 is 2.43 bits per heavy atom. The lowest BCUT2D eigenvalue weighted by atomic mass is 9.84. The minimum absolute atomic E-state index is 0.0641. The zero-order chi connectivity index (χ0) is 25.3. The number of piperazine rings is 1. The number of rotatable bonds is 3. The number of piperidine rings is 1. The van der Waals surface area contributed by atoms with Gasteiger partial charge in [0, 0.05) is 35.3 Å². The van der Waals surface area contributed by atoms with Crippen LogP contribution in [-0.2, 0) is 14.9 Å². The zero-order valence-corrected chi connectivity index (χ0v) is 22.3. The first-order valence-electron chi connectivity index (χ1n) is 11.9. The fraction of sp³-hybridized carbons (Fsp3) is 0.444. The third-order valence-electron chi connectivity index (χ3n) is 7.17. The molecule has 184 valence electrons. The average molecular weight is 540 g/mol. The third-order valence-corrected chi connectivity index (χ3v) is 7.86. The Bertz CT molecular complexity index is 1220. The molecule has 0 radical (unpaired) electrons. The molecule has 0 saturated carbocycles. The first kappa shape index (κ1) is 23.9. The summed E-state index contributed by atoms with van der Waals surface area (Å²) in [5.74, 6) is -0.0641. The van der Waals surface area contributed by atoms with Gasteiger partial charge in [0.25, 0.3) is 0 Å². The Kier molecular flexibility index (Phi) is 5.51. The van der Waals surface area contributed by atoms with Crippen molar-refractivity contribution < 1.29 is 19.1 Å². The molecule has 6 rings (SSSR count). The van der Waals surface area contributed by atoms with Crippen LogP contribution in [0.5, 0.6) is 0 Å². The Morgan fingerprint density at radius 1 is 1.11 bits per heavy atom. The predicted molar refractivity (Wildman–Crippen MR) is 139 cm³/mol. The van der Waals surface area contributed by atoms with E-state index in [9.17, 15) is 14.4 Å². The lowest BCUT2D eigenvalue weighted by Gasteiger charge is -2.57. The van der Waals surface area contributed by atoms with Gasteiger partial charge in [-0.25, -0.2) is 4.79 Å². The minimum atomic E-state index is -0.714. The lowest BCUT2D eigenvalue weighted by Crippen LogP contribution is -2.70. The molecular weight excluding hydrogens is 510 g/mol. The number of amides is 2. The van der Waals surface area contributed by atoms with Gasteiger partial charge in [0.1, 0.15) is 5.60 Å². The second-order valence-corrected chi connectivity index (χ2v) is 11.9. The Labute approximate surface area is 214 Å². The fourth-order valence-corrected chi connectivity index (χ4v) is 5.93. The van der Waals surface area contributed by atoms with Gasteiger partial charge in [-0.15, -0.1) is 0 Å². The summed E-state index contributed by atoms with van der Waals surface area (Å²) in [6.07, 6.45) is 1.54. The van der Waals surface area contributed by atoms with Gasteiger partial charge in [0.2, 0.25) is 5.91 Å². The Hall–Kier alpha value is -2.87. The highest BCUT2D eigenvalue weighted by Crippen LogP contribution is 2.49. The first-order valence-corrected chi connectivity index (χ1v) is 12.7. The van der Waals surface area contributed by atoms with Crippen molar-refractivity contribution in [2.75, 3.05) is 22.9 Å². The number of aldehydes is 1. The number of hydrogen-bond acceptors (Lipinski definition) is 5. The van der Waals surface area contributed by atoms with E-state index in [-0.39, 0.29) is 24.1 Å². The molecule has 0 spiro atoms. The van der Waals surface area contributed by atoms with Crippen LogP contribution in [0.25, 0.3) is 0 Å². The van der Waals surface area contributed by atoms with Crippen LogP contribution in [0.3, 0.4) is 0 Å². The van der Waals surface area contributed by atoms with E-state index >= 15 is 0 Å². The normalized spacial score (nSPS) is 22.6. The van der Waals surface area contributed by atoms with Crippen LogP contribution in [0.15, 0.2) is 40.9 Å². The minimum Gasteiger partial charge on any atom is -0.444 e. The number of halogens is 1. The van der Waals surface area contributed by atoms with Crippen LogP contribution >= 0.6 is 15.9 Å². The van der Waals surface area contributed by atoms with E-state index in [1.54, 1.807) is 21.9 Å². The molecule has 3 fully saturated rings.